The van der Waals surface area contributed by atoms with E-state index < -0.39 is 6.04 Å². The first-order chi connectivity index (χ1) is 16.6. The Balaban J connectivity index is 1.41. The number of guanidine groups is 1. The number of carbonyl (C=O) groups is 1. The van der Waals surface area contributed by atoms with Gasteiger partial charge in [0.2, 0.25) is 5.96 Å². The number of para-hydroxylation sites is 2. The maximum absolute atomic E-state index is 13.6. The number of piperazine rings is 1. The molecule has 0 aliphatic carbocycles. The number of hydrogen-bond acceptors (Lipinski definition) is 5. The zero-order chi connectivity index (χ0) is 23.5. The number of rotatable bonds is 5. The van der Waals surface area contributed by atoms with Gasteiger partial charge in [-0.3, -0.25) is 4.79 Å². The molecule has 0 saturated carbocycles. The van der Waals surface area contributed by atoms with Gasteiger partial charge in [0.05, 0.1) is 12.8 Å². The van der Waals surface area contributed by atoms with Gasteiger partial charge >= 0.3 is 0 Å². The Morgan fingerprint density at radius 1 is 0.882 bits per heavy atom. The Morgan fingerprint density at radius 2 is 1.53 bits per heavy atom. The Labute approximate surface area is 198 Å². The van der Waals surface area contributed by atoms with Gasteiger partial charge in [0, 0.05) is 38.3 Å². The molecule has 0 bridgehead atoms. The summed E-state index contributed by atoms with van der Waals surface area (Å²) >= 11 is 0. The third-order valence-corrected chi connectivity index (χ3v) is 6.33. The molecule has 6 nitrogen and oxygen atoms in total. The summed E-state index contributed by atoms with van der Waals surface area (Å²) in [6, 6.07) is 23.6. The number of hydrogen-bond donors (Lipinski definition) is 0. The summed E-state index contributed by atoms with van der Waals surface area (Å²) in [7, 11) is 1.61. The number of nitrogens with zero attached hydrogens (tertiary/aromatic N) is 4. The van der Waals surface area contributed by atoms with Crippen molar-refractivity contribution in [3.05, 3.63) is 90.2 Å². The molecule has 2 aliphatic heterocycles. The minimum atomic E-state index is -0.488. The molecule has 2 aliphatic rings. The maximum Gasteiger partial charge on any atom is 0.259 e. The first-order valence-corrected chi connectivity index (χ1v) is 11.5. The van der Waals surface area contributed by atoms with Crippen LogP contribution in [0.25, 0.3) is 0 Å². The van der Waals surface area contributed by atoms with Crippen molar-refractivity contribution >= 4 is 23.2 Å². The molecular weight excluding hydrogens is 431 g/mol. The standard InChI is InChI=1S/C27H27FN4O2/c1-34-25-10-6-5-9-24(25)32-26(33)23(19-20-7-3-2-4-8-20)29-27(32)31-17-15-30(16-18-31)22-13-11-21(28)12-14-22/h2-14,23H,15-19H2,1H3. The monoisotopic (exact) mass is 458 g/mol. The van der Waals surface area contributed by atoms with Crippen molar-refractivity contribution < 1.29 is 13.9 Å². The maximum atomic E-state index is 13.6. The molecule has 1 saturated heterocycles. The van der Waals surface area contributed by atoms with Crippen LogP contribution in [-0.4, -0.2) is 56.1 Å². The largest absolute Gasteiger partial charge is 0.495 e. The molecule has 5 rings (SSSR count). The lowest BCUT2D eigenvalue weighted by molar-refractivity contribution is -0.118. The molecule has 3 aromatic carbocycles. The molecule has 174 valence electrons. The number of amides is 1. The van der Waals surface area contributed by atoms with Crippen molar-refractivity contribution in [3.8, 4) is 5.75 Å². The SMILES string of the molecule is COc1ccccc1N1C(=O)C(Cc2ccccc2)N=C1N1CCN(c2ccc(F)cc2)CC1. The number of benzene rings is 3. The van der Waals surface area contributed by atoms with E-state index >= 15 is 0 Å². The molecule has 0 radical (unpaired) electrons. The first-order valence-electron chi connectivity index (χ1n) is 11.5. The van der Waals surface area contributed by atoms with Gasteiger partial charge in [-0.25, -0.2) is 14.3 Å². The minimum Gasteiger partial charge on any atom is -0.495 e. The Bertz CT molecular complexity index is 1170. The van der Waals surface area contributed by atoms with Gasteiger partial charge in [0.15, 0.2) is 0 Å². The summed E-state index contributed by atoms with van der Waals surface area (Å²) in [4.78, 5) is 24.7. The van der Waals surface area contributed by atoms with Crippen molar-refractivity contribution in [1.29, 1.82) is 0 Å². The molecule has 0 spiro atoms. The van der Waals surface area contributed by atoms with E-state index in [4.69, 9.17) is 9.73 Å². The molecule has 1 amide bonds. The Morgan fingerprint density at radius 3 is 2.24 bits per heavy atom. The predicted molar refractivity (Wildman–Crippen MR) is 132 cm³/mol. The highest BCUT2D eigenvalue weighted by Crippen LogP contribution is 2.33. The van der Waals surface area contributed by atoms with Crippen LogP contribution >= 0.6 is 0 Å². The van der Waals surface area contributed by atoms with Crippen molar-refractivity contribution in [2.24, 2.45) is 4.99 Å². The number of ether oxygens (including phenoxy) is 1. The van der Waals surface area contributed by atoms with Gasteiger partial charge < -0.3 is 14.5 Å². The lowest BCUT2D eigenvalue weighted by Gasteiger charge is -2.38. The third-order valence-electron chi connectivity index (χ3n) is 6.33. The van der Waals surface area contributed by atoms with Gasteiger partial charge in [0.25, 0.3) is 5.91 Å². The highest BCUT2D eigenvalue weighted by Gasteiger charge is 2.40. The highest BCUT2D eigenvalue weighted by molar-refractivity contribution is 6.22. The van der Waals surface area contributed by atoms with Crippen molar-refractivity contribution in [3.63, 3.8) is 0 Å². The molecular formula is C27H27FN4O2. The van der Waals surface area contributed by atoms with Crippen molar-refractivity contribution in [1.82, 2.24) is 4.90 Å². The average Bonchev–Trinajstić information content (AvgIpc) is 3.20. The van der Waals surface area contributed by atoms with E-state index in [2.05, 4.69) is 9.80 Å². The highest BCUT2D eigenvalue weighted by atomic mass is 19.1. The van der Waals surface area contributed by atoms with Crippen molar-refractivity contribution in [2.45, 2.75) is 12.5 Å². The lowest BCUT2D eigenvalue weighted by atomic mass is 10.1. The van der Waals surface area contributed by atoms with Crippen LogP contribution in [0.15, 0.2) is 83.9 Å². The fourth-order valence-corrected chi connectivity index (χ4v) is 4.55. The summed E-state index contributed by atoms with van der Waals surface area (Å²) in [5, 5.41) is 0. The predicted octanol–water partition coefficient (Wildman–Crippen LogP) is 3.97. The topological polar surface area (TPSA) is 48.4 Å². The molecule has 2 heterocycles. The van der Waals surface area contributed by atoms with E-state index in [9.17, 15) is 9.18 Å². The zero-order valence-corrected chi connectivity index (χ0v) is 19.1. The van der Waals surface area contributed by atoms with Crippen LogP contribution in [0.5, 0.6) is 5.75 Å². The van der Waals surface area contributed by atoms with E-state index in [1.54, 1.807) is 24.1 Å². The second-order valence-electron chi connectivity index (χ2n) is 8.43. The second-order valence-corrected chi connectivity index (χ2v) is 8.43. The molecule has 7 heteroatoms. The molecule has 1 fully saturated rings. The molecule has 0 N–H and O–H groups in total. The summed E-state index contributed by atoms with van der Waals surface area (Å²) in [5.41, 5.74) is 2.77. The van der Waals surface area contributed by atoms with Gasteiger partial charge in [-0.2, -0.15) is 0 Å². The van der Waals surface area contributed by atoms with E-state index in [-0.39, 0.29) is 11.7 Å². The van der Waals surface area contributed by atoms with Crippen LogP contribution in [0.3, 0.4) is 0 Å². The first kappa shape index (κ1) is 21.9. The van der Waals surface area contributed by atoms with Crippen LogP contribution in [0.4, 0.5) is 15.8 Å². The van der Waals surface area contributed by atoms with Crippen LogP contribution in [0.1, 0.15) is 5.56 Å². The minimum absolute atomic E-state index is 0.0516. The second kappa shape index (κ2) is 9.55. The van der Waals surface area contributed by atoms with E-state index in [1.807, 2.05) is 54.6 Å². The third kappa shape index (κ3) is 4.33. The number of carbonyl (C=O) groups excluding carboxylic acids is 1. The molecule has 0 aromatic heterocycles. The summed E-state index contributed by atoms with van der Waals surface area (Å²) in [6.45, 7) is 2.91. The molecule has 1 unspecified atom stereocenters. The van der Waals surface area contributed by atoms with Crippen LogP contribution in [-0.2, 0) is 11.2 Å². The van der Waals surface area contributed by atoms with E-state index in [0.29, 0.717) is 36.9 Å². The fourth-order valence-electron chi connectivity index (χ4n) is 4.55. The number of aliphatic imine (C=N–C) groups is 1. The van der Waals surface area contributed by atoms with Gasteiger partial charge in [0.1, 0.15) is 17.6 Å². The molecule has 34 heavy (non-hydrogen) atoms. The fraction of sp³-hybridized carbons (Fsp3) is 0.259. The Kier molecular flexibility index (Phi) is 6.16. The quantitative estimate of drug-likeness (QED) is 0.581. The number of anilines is 2. The van der Waals surface area contributed by atoms with Crippen LogP contribution in [0, 0.1) is 5.82 Å². The van der Waals surface area contributed by atoms with Crippen molar-refractivity contribution in [2.75, 3.05) is 43.1 Å². The van der Waals surface area contributed by atoms with Crippen LogP contribution < -0.4 is 14.5 Å². The van der Waals surface area contributed by atoms with Gasteiger partial charge in [-0.1, -0.05) is 42.5 Å². The normalized spacial score (nSPS) is 18.3. The molecule has 3 aromatic rings. The Hall–Kier alpha value is -3.87. The van der Waals surface area contributed by atoms with Gasteiger partial charge in [-0.15, -0.1) is 0 Å². The van der Waals surface area contributed by atoms with E-state index in [1.165, 1.54) is 12.1 Å². The number of halogens is 1. The molecule has 1 atom stereocenters. The zero-order valence-electron chi connectivity index (χ0n) is 19.1. The van der Waals surface area contributed by atoms with Gasteiger partial charge in [-0.05, 0) is 42.0 Å². The smallest absolute Gasteiger partial charge is 0.259 e. The van der Waals surface area contributed by atoms with Crippen LogP contribution in [0.2, 0.25) is 0 Å². The number of methoxy groups -OCH3 is 1. The van der Waals surface area contributed by atoms with E-state index in [0.717, 1.165) is 24.3 Å². The summed E-state index contributed by atoms with van der Waals surface area (Å²) < 4.78 is 18.9. The summed E-state index contributed by atoms with van der Waals surface area (Å²) in [6.07, 6.45) is 0.546. The average molecular weight is 459 g/mol. The summed E-state index contributed by atoms with van der Waals surface area (Å²) in [5.74, 6) is 1.01. The lowest BCUT2D eigenvalue weighted by Crippen LogP contribution is -2.53.